The van der Waals surface area contributed by atoms with E-state index >= 15 is 0 Å². The number of urea groups is 2. The van der Waals surface area contributed by atoms with Crippen molar-refractivity contribution in [2.24, 2.45) is 0 Å². The number of hydrazine groups is 1. The van der Waals surface area contributed by atoms with E-state index in [4.69, 9.17) is 39.6 Å². The van der Waals surface area contributed by atoms with E-state index in [2.05, 4.69) is 41.1 Å². The van der Waals surface area contributed by atoms with Crippen LogP contribution in [-0.4, -0.2) is 163 Å². The maximum absolute atomic E-state index is 14.4. The molecule has 9 heterocycles. The highest BCUT2D eigenvalue weighted by Crippen LogP contribution is 2.37. The lowest BCUT2D eigenvalue weighted by Crippen LogP contribution is -2.51. The number of fused-ring (bicyclic) bond motifs is 2. The van der Waals surface area contributed by atoms with Gasteiger partial charge in [0.15, 0.2) is 22.9 Å². The topological polar surface area (TPSA) is 213 Å². The number of para-hydroxylation sites is 1. The van der Waals surface area contributed by atoms with Crippen LogP contribution in [0.1, 0.15) is 59.3 Å². The fourth-order valence-corrected chi connectivity index (χ4v) is 11.9. The number of nitrogens with one attached hydrogen (secondary N) is 2. The van der Waals surface area contributed by atoms with E-state index in [-0.39, 0.29) is 17.6 Å². The predicted molar refractivity (Wildman–Crippen MR) is 326 cm³/mol. The molecule has 4 aliphatic rings. The normalized spacial score (nSPS) is 16.5. The molecule has 25 heteroatoms. The van der Waals surface area contributed by atoms with Crippen LogP contribution in [0.25, 0.3) is 44.8 Å². The van der Waals surface area contributed by atoms with Crippen molar-refractivity contribution in [3.63, 3.8) is 0 Å². The van der Waals surface area contributed by atoms with E-state index in [0.717, 1.165) is 66.8 Å². The number of likely N-dealkylation sites (tertiary alicyclic amines) is 2. The van der Waals surface area contributed by atoms with Crippen LogP contribution in [0.15, 0.2) is 140 Å². The fraction of sp³-hybridized carbons (Fsp3) is 0.333. The van der Waals surface area contributed by atoms with Gasteiger partial charge in [-0.3, -0.25) is 14.7 Å². The molecule has 13 rings (SSSR count). The molecule has 4 fully saturated rings. The second-order valence-corrected chi connectivity index (χ2v) is 22.2. The molecule has 0 saturated carbocycles. The van der Waals surface area contributed by atoms with Crippen molar-refractivity contribution in [1.82, 2.24) is 59.3 Å². The molecule has 0 radical (unpaired) electrons. The Bertz CT molecular complexity index is 3940. The number of benzene rings is 4. The van der Waals surface area contributed by atoms with Crippen LogP contribution in [0.4, 0.5) is 51.5 Å². The maximum atomic E-state index is 14.4. The average molecular weight is 1200 g/mol. The monoisotopic (exact) mass is 1200 g/mol. The summed E-state index contributed by atoms with van der Waals surface area (Å²) >= 11 is 0. The first-order valence-electron chi connectivity index (χ1n) is 29.5. The number of alkyl halides is 3. The van der Waals surface area contributed by atoms with Crippen molar-refractivity contribution >= 4 is 68.7 Å². The third-order valence-electron chi connectivity index (χ3n) is 16.6. The number of anilines is 5. The Balaban J connectivity index is 0.740. The number of piperidine rings is 2. The summed E-state index contributed by atoms with van der Waals surface area (Å²) < 4.78 is 55.9. The second-order valence-electron chi connectivity index (χ2n) is 22.2. The van der Waals surface area contributed by atoms with E-state index in [0.29, 0.717) is 130 Å². The smallest absolute Gasteiger partial charge is 0.378 e. The van der Waals surface area contributed by atoms with Gasteiger partial charge in [-0.2, -0.15) is 28.4 Å². The second kappa shape index (κ2) is 25.0. The Labute approximate surface area is 504 Å². The van der Waals surface area contributed by atoms with Crippen molar-refractivity contribution in [2.75, 3.05) is 111 Å². The van der Waals surface area contributed by atoms with Gasteiger partial charge in [0.25, 0.3) is 5.91 Å². The molecule has 0 bridgehead atoms. The Kier molecular flexibility index (Phi) is 16.3. The summed E-state index contributed by atoms with van der Waals surface area (Å²) in [6.07, 6.45) is 5.58. The first-order valence-corrected chi connectivity index (χ1v) is 29.5. The van der Waals surface area contributed by atoms with Crippen LogP contribution >= 0.6 is 0 Å². The van der Waals surface area contributed by atoms with E-state index in [1.54, 1.807) is 53.7 Å². The van der Waals surface area contributed by atoms with Crippen molar-refractivity contribution in [3.05, 3.63) is 157 Å². The van der Waals surface area contributed by atoms with Crippen molar-refractivity contribution in [1.29, 1.82) is 0 Å². The number of morpholine rings is 2. The van der Waals surface area contributed by atoms with Gasteiger partial charge < -0.3 is 34.8 Å². The number of aromatic nitrogens is 9. The number of hydrogen-bond donors (Lipinski definition) is 2. The molecule has 0 aliphatic carbocycles. The number of hydrogen-bond acceptors (Lipinski definition) is 15. The predicted octanol–water partition coefficient (Wildman–Crippen LogP) is 9.82. The summed E-state index contributed by atoms with van der Waals surface area (Å²) in [5.74, 6) is 1.92. The van der Waals surface area contributed by atoms with Crippen LogP contribution in [0, 0.1) is 0 Å². The summed E-state index contributed by atoms with van der Waals surface area (Å²) in [5, 5.41) is 19.7. The van der Waals surface area contributed by atoms with Gasteiger partial charge in [0.2, 0.25) is 0 Å². The lowest BCUT2D eigenvalue weighted by atomic mass is 10.0. The van der Waals surface area contributed by atoms with Crippen LogP contribution in [0.5, 0.6) is 0 Å². The largest absolute Gasteiger partial charge is 0.416 e. The van der Waals surface area contributed by atoms with Gasteiger partial charge in [-0.05, 0) is 116 Å². The molecule has 452 valence electrons. The number of pyridine rings is 1. The minimum atomic E-state index is -4.57. The third kappa shape index (κ3) is 12.2. The molecule has 2 N–H and O–H groups in total. The first-order chi connectivity index (χ1) is 42.9. The Morgan fingerprint density at radius 2 is 1.14 bits per heavy atom. The number of nitrogens with zero attached hydrogens (tertiary/aromatic N) is 15. The number of carbonyl (C=O) groups is 3. The standard InChI is InChI=1S/C63H64F3N17O5/c1-76(61(85)70-48-16-12-43(13-17-48)54-72-56(78-29-33-87-34-30-78)53-40-69-82(59(53)74-54)50-22-27-80(28-23-50)60(84)45-8-5-9-46(37-45)63(64,65)66)83(62(86)71-47-10-3-2-4-11-47)51-18-14-44(15-19-51)55-73-57(79-31-35-88-36-32-79)52-39-68-81(58(52)75-55)49-20-25-77(26-21-49)41-42-7-6-24-67-38-42/h2-19,24,37-40,49-50H,20-23,25-36,41H2,1H3,(H,70,85)(H,71,86). The first kappa shape index (κ1) is 57.5. The summed E-state index contributed by atoms with van der Waals surface area (Å²) in [7, 11) is 1.51. The van der Waals surface area contributed by atoms with E-state index in [9.17, 15) is 27.6 Å². The van der Waals surface area contributed by atoms with Crippen molar-refractivity contribution < 1.29 is 37.0 Å². The lowest BCUT2D eigenvalue weighted by Gasteiger charge is -2.32. The molecule has 0 atom stereocenters. The summed E-state index contributed by atoms with van der Waals surface area (Å²) in [6.45, 7) is 7.96. The molecular weight excluding hydrogens is 1130 g/mol. The van der Waals surface area contributed by atoms with Gasteiger partial charge in [-0.15, -0.1) is 0 Å². The third-order valence-corrected chi connectivity index (χ3v) is 16.6. The molecule has 4 saturated heterocycles. The highest BCUT2D eigenvalue weighted by molar-refractivity contribution is 6.05. The molecule has 5 amide bonds. The number of halogens is 3. The van der Waals surface area contributed by atoms with Crippen molar-refractivity contribution in [2.45, 2.75) is 50.5 Å². The molecular formula is C63H64F3N17O5. The quantitative estimate of drug-likeness (QED) is 0.109. The van der Waals surface area contributed by atoms with Crippen LogP contribution in [-0.2, 0) is 22.2 Å². The van der Waals surface area contributed by atoms with Gasteiger partial charge >= 0.3 is 18.2 Å². The highest BCUT2D eigenvalue weighted by Gasteiger charge is 2.34. The van der Waals surface area contributed by atoms with Gasteiger partial charge in [-0.25, -0.2) is 43.9 Å². The summed E-state index contributed by atoms with van der Waals surface area (Å²) in [5.41, 5.74) is 4.35. The summed E-state index contributed by atoms with van der Waals surface area (Å²) in [6, 6.07) is 30.7. The SMILES string of the molecule is CN(C(=O)Nc1ccc(-c2nc(N3CCOCC3)c3cnn(C4CCN(C(=O)c5cccc(C(F)(F)F)c5)CC4)c3n2)cc1)N(C(=O)Nc1ccccc1)c1ccc(-c2nc(N3CCOCC3)c3cnn(C4CCN(Cc5cccnc5)CC4)c3n2)cc1. The number of rotatable bonds is 12. The van der Waals surface area contributed by atoms with Gasteiger partial charge in [-0.1, -0.05) is 30.3 Å². The Morgan fingerprint density at radius 1 is 0.591 bits per heavy atom. The van der Waals surface area contributed by atoms with E-state index in [1.807, 2.05) is 65.6 Å². The fourth-order valence-electron chi connectivity index (χ4n) is 11.9. The minimum Gasteiger partial charge on any atom is -0.378 e. The molecule has 0 spiro atoms. The molecule has 0 unspecified atom stereocenters. The Hall–Kier alpha value is -9.59. The molecule has 4 aliphatic heterocycles. The molecule has 22 nitrogen and oxygen atoms in total. The average Bonchev–Trinajstić information content (AvgIpc) is 4.34. The highest BCUT2D eigenvalue weighted by atomic mass is 19.4. The van der Waals surface area contributed by atoms with E-state index in [1.165, 1.54) is 34.8 Å². The Morgan fingerprint density at radius 3 is 1.69 bits per heavy atom. The summed E-state index contributed by atoms with van der Waals surface area (Å²) in [4.78, 5) is 75.5. The number of carbonyl (C=O) groups excluding carboxylic acids is 3. The zero-order valence-electron chi connectivity index (χ0n) is 48.3. The van der Waals surface area contributed by atoms with Crippen LogP contribution < -0.4 is 25.4 Å². The minimum absolute atomic E-state index is 0.0113. The van der Waals surface area contributed by atoms with E-state index < -0.39 is 29.7 Å². The zero-order chi connectivity index (χ0) is 60.3. The van der Waals surface area contributed by atoms with Crippen LogP contribution in [0.2, 0.25) is 0 Å². The van der Waals surface area contributed by atoms with Gasteiger partial charge in [0, 0.05) is 106 Å². The van der Waals surface area contributed by atoms with Crippen LogP contribution in [0.3, 0.4) is 0 Å². The van der Waals surface area contributed by atoms with Crippen molar-refractivity contribution in [3.8, 4) is 22.8 Å². The number of amides is 5. The molecule has 88 heavy (non-hydrogen) atoms. The maximum Gasteiger partial charge on any atom is 0.416 e. The molecule has 4 aromatic carbocycles. The zero-order valence-corrected chi connectivity index (χ0v) is 48.3. The molecule has 9 aromatic rings. The number of ether oxygens (including phenoxy) is 2. The van der Waals surface area contributed by atoms with Gasteiger partial charge in [0.05, 0.1) is 72.9 Å². The molecule has 5 aromatic heterocycles. The lowest BCUT2D eigenvalue weighted by molar-refractivity contribution is -0.137. The van der Waals surface area contributed by atoms with Gasteiger partial charge in [0.1, 0.15) is 11.6 Å².